The van der Waals surface area contributed by atoms with Gasteiger partial charge in [-0.05, 0) is 36.2 Å². The van der Waals surface area contributed by atoms with Crippen molar-refractivity contribution in [3.05, 3.63) is 64.9 Å². The molecule has 0 unspecified atom stereocenters. The van der Waals surface area contributed by atoms with Crippen LogP contribution in [0.5, 0.6) is 0 Å². The zero-order valence-electron chi connectivity index (χ0n) is 15.6. The lowest BCUT2D eigenvalue weighted by atomic mass is 10.2. The number of thioether (sulfide) groups is 1. The maximum absolute atomic E-state index is 13.2. The molecule has 0 radical (unpaired) electrons. The first-order valence-electron chi connectivity index (χ1n) is 9.07. The SMILES string of the molecule is CCc1nnc(NC(=O)CSc2nc3ccccc3n2Cc2ccc(F)cc2)s1. The molecule has 0 saturated carbocycles. The van der Waals surface area contributed by atoms with Gasteiger partial charge in [0.2, 0.25) is 11.0 Å². The number of hydrogen-bond acceptors (Lipinski definition) is 6. The predicted molar refractivity (Wildman–Crippen MR) is 114 cm³/mol. The van der Waals surface area contributed by atoms with Crippen LogP contribution in [0.1, 0.15) is 17.5 Å². The molecule has 2 heterocycles. The Bertz CT molecular complexity index is 1140. The fourth-order valence-corrected chi connectivity index (χ4v) is 4.33. The Morgan fingerprint density at radius 2 is 1.97 bits per heavy atom. The number of carbonyl (C=O) groups is 1. The van der Waals surface area contributed by atoms with Gasteiger partial charge in [-0.2, -0.15) is 0 Å². The van der Waals surface area contributed by atoms with E-state index in [4.69, 9.17) is 0 Å². The number of benzene rings is 2. The third-order valence-electron chi connectivity index (χ3n) is 4.22. The van der Waals surface area contributed by atoms with Gasteiger partial charge in [0, 0.05) is 0 Å². The van der Waals surface area contributed by atoms with E-state index in [1.807, 2.05) is 35.8 Å². The summed E-state index contributed by atoms with van der Waals surface area (Å²) in [6, 6.07) is 14.2. The Balaban J connectivity index is 1.51. The van der Waals surface area contributed by atoms with Crippen LogP contribution in [-0.4, -0.2) is 31.4 Å². The zero-order chi connectivity index (χ0) is 20.2. The van der Waals surface area contributed by atoms with Crippen molar-refractivity contribution in [3.63, 3.8) is 0 Å². The minimum absolute atomic E-state index is 0.158. The lowest BCUT2D eigenvalue weighted by molar-refractivity contribution is -0.113. The number of nitrogens with zero attached hydrogens (tertiary/aromatic N) is 4. The topological polar surface area (TPSA) is 72.7 Å². The van der Waals surface area contributed by atoms with E-state index in [1.54, 1.807) is 12.1 Å². The molecular weight excluding hydrogens is 409 g/mol. The van der Waals surface area contributed by atoms with Crippen LogP contribution in [0.4, 0.5) is 9.52 Å². The van der Waals surface area contributed by atoms with Crippen molar-refractivity contribution in [3.8, 4) is 0 Å². The number of aromatic nitrogens is 4. The maximum Gasteiger partial charge on any atom is 0.236 e. The normalized spacial score (nSPS) is 11.1. The number of nitrogens with one attached hydrogen (secondary N) is 1. The molecule has 6 nitrogen and oxygen atoms in total. The van der Waals surface area contributed by atoms with Crippen molar-refractivity contribution in [2.75, 3.05) is 11.1 Å². The van der Waals surface area contributed by atoms with Crippen LogP contribution < -0.4 is 5.32 Å². The first kappa shape index (κ1) is 19.5. The van der Waals surface area contributed by atoms with Gasteiger partial charge in [0.25, 0.3) is 0 Å². The van der Waals surface area contributed by atoms with Crippen molar-refractivity contribution in [1.82, 2.24) is 19.7 Å². The first-order valence-corrected chi connectivity index (χ1v) is 10.9. The standard InChI is InChI=1S/C20H18FN5OS2/c1-2-18-24-25-19(29-18)23-17(27)12-28-20-22-15-5-3-4-6-16(15)26(20)11-13-7-9-14(21)10-8-13/h3-10H,2,11-12H2,1H3,(H,23,25,27). The molecule has 0 aliphatic carbocycles. The number of imidazole rings is 1. The third kappa shape index (κ3) is 4.63. The molecule has 0 saturated heterocycles. The van der Waals surface area contributed by atoms with Gasteiger partial charge in [-0.1, -0.05) is 54.3 Å². The molecule has 2 aromatic heterocycles. The van der Waals surface area contributed by atoms with Crippen molar-refractivity contribution < 1.29 is 9.18 Å². The fraction of sp³-hybridized carbons (Fsp3) is 0.200. The molecule has 29 heavy (non-hydrogen) atoms. The second kappa shape index (κ2) is 8.71. The fourth-order valence-electron chi connectivity index (χ4n) is 2.82. The summed E-state index contributed by atoms with van der Waals surface area (Å²) >= 11 is 2.74. The van der Waals surface area contributed by atoms with Gasteiger partial charge >= 0.3 is 0 Å². The molecule has 0 spiro atoms. The van der Waals surface area contributed by atoms with E-state index in [0.717, 1.165) is 33.2 Å². The van der Waals surface area contributed by atoms with Crippen molar-refractivity contribution in [2.45, 2.75) is 25.0 Å². The lowest BCUT2D eigenvalue weighted by Gasteiger charge is -2.09. The zero-order valence-corrected chi connectivity index (χ0v) is 17.3. The molecule has 4 rings (SSSR count). The van der Waals surface area contributed by atoms with Gasteiger partial charge in [0.05, 0.1) is 23.3 Å². The number of aryl methyl sites for hydroxylation is 1. The lowest BCUT2D eigenvalue weighted by Crippen LogP contribution is -2.14. The summed E-state index contributed by atoms with van der Waals surface area (Å²) in [5.41, 5.74) is 2.78. The predicted octanol–water partition coefficient (Wildman–Crippen LogP) is 4.37. The smallest absolute Gasteiger partial charge is 0.236 e. The highest BCUT2D eigenvalue weighted by Gasteiger charge is 2.14. The molecule has 9 heteroatoms. The Labute approximate surface area is 175 Å². The molecule has 0 bridgehead atoms. The minimum atomic E-state index is -0.265. The van der Waals surface area contributed by atoms with Gasteiger partial charge < -0.3 is 4.57 Å². The average Bonchev–Trinajstić information content (AvgIpc) is 3.32. The Morgan fingerprint density at radius 1 is 1.17 bits per heavy atom. The van der Waals surface area contributed by atoms with E-state index in [1.165, 1.54) is 35.2 Å². The van der Waals surface area contributed by atoms with Crippen LogP contribution in [0.25, 0.3) is 11.0 Å². The maximum atomic E-state index is 13.2. The molecule has 1 N–H and O–H groups in total. The third-order valence-corrected chi connectivity index (χ3v) is 6.18. The van der Waals surface area contributed by atoms with Crippen LogP contribution in [0, 0.1) is 5.82 Å². The molecule has 4 aromatic rings. The molecule has 148 valence electrons. The second-order valence-corrected chi connectivity index (χ2v) is 8.29. The van der Waals surface area contributed by atoms with Crippen molar-refractivity contribution in [1.29, 1.82) is 0 Å². The number of fused-ring (bicyclic) bond motifs is 1. The minimum Gasteiger partial charge on any atom is -0.314 e. The molecule has 2 aromatic carbocycles. The monoisotopic (exact) mass is 427 g/mol. The number of hydrogen-bond donors (Lipinski definition) is 1. The molecule has 0 atom stereocenters. The number of carbonyl (C=O) groups excluding carboxylic acids is 1. The summed E-state index contributed by atoms with van der Waals surface area (Å²) in [6.45, 7) is 2.54. The van der Waals surface area contributed by atoms with Crippen molar-refractivity contribution >= 4 is 45.2 Å². The highest BCUT2D eigenvalue weighted by atomic mass is 32.2. The van der Waals surface area contributed by atoms with Crippen LogP contribution in [0.15, 0.2) is 53.7 Å². The highest BCUT2D eigenvalue weighted by Crippen LogP contribution is 2.26. The highest BCUT2D eigenvalue weighted by molar-refractivity contribution is 7.99. The van der Waals surface area contributed by atoms with Crippen LogP contribution in [0.2, 0.25) is 0 Å². The number of rotatable bonds is 7. The van der Waals surface area contributed by atoms with Gasteiger partial charge in [0.15, 0.2) is 5.16 Å². The Morgan fingerprint density at radius 3 is 2.72 bits per heavy atom. The summed E-state index contributed by atoms with van der Waals surface area (Å²) in [5, 5.41) is 12.9. The van der Waals surface area contributed by atoms with E-state index < -0.39 is 0 Å². The summed E-state index contributed by atoms with van der Waals surface area (Å²) in [7, 11) is 0. The first-order chi connectivity index (χ1) is 14.1. The Hall–Kier alpha value is -2.78. The van der Waals surface area contributed by atoms with Crippen LogP contribution >= 0.6 is 23.1 Å². The summed E-state index contributed by atoms with van der Waals surface area (Å²) in [6.07, 6.45) is 0.787. The molecule has 0 aliphatic rings. The number of para-hydroxylation sites is 2. The molecular formula is C20H18FN5OS2. The van der Waals surface area contributed by atoms with E-state index in [-0.39, 0.29) is 17.5 Å². The van der Waals surface area contributed by atoms with E-state index in [2.05, 4.69) is 20.5 Å². The summed E-state index contributed by atoms with van der Waals surface area (Å²) < 4.78 is 15.3. The summed E-state index contributed by atoms with van der Waals surface area (Å²) in [4.78, 5) is 17.0. The van der Waals surface area contributed by atoms with E-state index in [0.29, 0.717) is 11.7 Å². The molecule has 0 fully saturated rings. The second-order valence-electron chi connectivity index (χ2n) is 6.29. The average molecular weight is 428 g/mol. The van der Waals surface area contributed by atoms with Crippen molar-refractivity contribution in [2.24, 2.45) is 0 Å². The van der Waals surface area contributed by atoms with Gasteiger partial charge in [0.1, 0.15) is 10.8 Å². The van der Waals surface area contributed by atoms with E-state index >= 15 is 0 Å². The largest absolute Gasteiger partial charge is 0.314 e. The van der Waals surface area contributed by atoms with E-state index in [9.17, 15) is 9.18 Å². The number of amides is 1. The summed E-state index contributed by atoms with van der Waals surface area (Å²) in [5.74, 6) is -0.221. The van der Waals surface area contributed by atoms with Crippen LogP contribution in [-0.2, 0) is 17.8 Å². The Kier molecular flexibility index (Phi) is 5.86. The van der Waals surface area contributed by atoms with Gasteiger partial charge in [-0.15, -0.1) is 10.2 Å². The number of halogens is 1. The van der Waals surface area contributed by atoms with Gasteiger partial charge in [-0.25, -0.2) is 9.37 Å². The molecule has 0 aliphatic heterocycles. The molecule has 1 amide bonds. The number of anilines is 1. The quantitative estimate of drug-likeness (QED) is 0.444. The van der Waals surface area contributed by atoms with Gasteiger partial charge in [-0.3, -0.25) is 10.1 Å². The van der Waals surface area contributed by atoms with Crippen LogP contribution in [0.3, 0.4) is 0 Å².